The van der Waals surface area contributed by atoms with Crippen molar-refractivity contribution in [1.29, 1.82) is 0 Å². The predicted molar refractivity (Wildman–Crippen MR) is 80.6 cm³/mol. The van der Waals surface area contributed by atoms with Crippen molar-refractivity contribution < 1.29 is 9.47 Å². The second kappa shape index (κ2) is 6.76. The number of methoxy groups -OCH3 is 2. The van der Waals surface area contributed by atoms with Crippen molar-refractivity contribution in [2.24, 2.45) is 5.10 Å². The van der Waals surface area contributed by atoms with Crippen LogP contribution in [0.1, 0.15) is 5.56 Å². The van der Waals surface area contributed by atoms with Crippen LogP contribution < -0.4 is 20.5 Å². The fraction of sp³-hybridized carbons (Fsp3) is 0.154. The number of hydrogen-bond acceptors (Lipinski definition) is 6. The lowest BCUT2D eigenvalue weighted by atomic mass is 10.2. The SMILES string of the molecule is COc1ccc(OC)c(/C=N/Nc2cn[nH]c(=O)c2Cl)c1. The van der Waals surface area contributed by atoms with Crippen LogP contribution in [0.5, 0.6) is 11.5 Å². The molecule has 0 aliphatic heterocycles. The monoisotopic (exact) mass is 308 g/mol. The van der Waals surface area contributed by atoms with Crippen LogP contribution in [0.4, 0.5) is 5.69 Å². The zero-order valence-corrected chi connectivity index (χ0v) is 12.1. The van der Waals surface area contributed by atoms with E-state index in [1.807, 2.05) is 0 Å². The molecule has 7 nitrogen and oxygen atoms in total. The van der Waals surface area contributed by atoms with Crippen molar-refractivity contribution in [2.75, 3.05) is 19.6 Å². The Bertz CT molecular complexity index is 715. The molecule has 0 saturated heterocycles. The van der Waals surface area contributed by atoms with E-state index in [0.29, 0.717) is 22.7 Å². The van der Waals surface area contributed by atoms with Crippen LogP contribution in [-0.2, 0) is 0 Å². The Morgan fingerprint density at radius 1 is 1.38 bits per heavy atom. The second-order valence-corrected chi connectivity index (χ2v) is 4.28. The quantitative estimate of drug-likeness (QED) is 0.650. The number of ether oxygens (including phenoxy) is 2. The summed E-state index contributed by atoms with van der Waals surface area (Å²) in [6, 6.07) is 5.31. The molecule has 2 N–H and O–H groups in total. The highest BCUT2D eigenvalue weighted by atomic mass is 35.5. The maximum Gasteiger partial charge on any atom is 0.285 e. The van der Waals surface area contributed by atoms with Crippen molar-refractivity contribution in [2.45, 2.75) is 0 Å². The number of hydrazone groups is 1. The molecule has 0 fully saturated rings. The third-order valence-electron chi connectivity index (χ3n) is 2.62. The van der Waals surface area contributed by atoms with E-state index < -0.39 is 5.56 Å². The molecule has 0 aliphatic carbocycles. The Hall–Kier alpha value is -2.54. The Morgan fingerprint density at radius 2 is 2.19 bits per heavy atom. The summed E-state index contributed by atoms with van der Waals surface area (Å²) in [5, 5.41) is 9.84. The Morgan fingerprint density at radius 3 is 2.90 bits per heavy atom. The van der Waals surface area contributed by atoms with Gasteiger partial charge in [0.1, 0.15) is 22.2 Å². The lowest BCUT2D eigenvalue weighted by Crippen LogP contribution is -2.10. The standard InChI is InChI=1S/C13H13ClN4O3/c1-20-9-3-4-11(21-2)8(5-9)6-15-17-10-7-16-18-13(19)12(10)14/h3-7H,1-2H3,(H2,17,18,19)/b15-6+. The molecule has 0 atom stereocenters. The number of aromatic nitrogens is 2. The van der Waals surface area contributed by atoms with Gasteiger partial charge in [0.2, 0.25) is 0 Å². The number of anilines is 1. The largest absolute Gasteiger partial charge is 0.497 e. The number of halogens is 1. The number of hydrogen-bond donors (Lipinski definition) is 2. The van der Waals surface area contributed by atoms with Gasteiger partial charge in [-0.15, -0.1) is 0 Å². The van der Waals surface area contributed by atoms with E-state index in [0.717, 1.165) is 0 Å². The molecular formula is C13H13ClN4O3. The topological polar surface area (TPSA) is 88.6 Å². The van der Waals surface area contributed by atoms with Gasteiger partial charge in [0, 0.05) is 5.56 Å². The maximum absolute atomic E-state index is 11.3. The van der Waals surface area contributed by atoms with E-state index >= 15 is 0 Å². The molecule has 2 rings (SSSR count). The molecule has 1 aromatic carbocycles. The normalized spacial score (nSPS) is 10.6. The minimum Gasteiger partial charge on any atom is -0.497 e. The van der Waals surface area contributed by atoms with Crippen LogP contribution in [0.15, 0.2) is 34.3 Å². The second-order valence-electron chi connectivity index (χ2n) is 3.90. The molecule has 1 heterocycles. The van der Waals surface area contributed by atoms with Gasteiger partial charge in [-0.05, 0) is 18.2 Å². The summed E-state index contributed by atoms with van der Waals surface area (Å²) in [5.41, 5.74) is 3.17. The van der Waals surface area contributed by atoms with Crippen molar-refractivity contribution in [3.63, 3.8) is 0 Å². The first kappa shape index (κ1) is 14.9. The molecule has 0 amide bonds. The van der Waals surface area contributed by atoms with Crippen LogP contribution in [0.2, 0.25) is 5.02 Å². The molecule has 110 valence electrons. The van der Waals surface area contributed by atoms with Gasteiger partial charge in [0.05, 0.1) is 26.6 Å². The molecular weight excluding hydrogens is 296 g/mol. The molecule has 0 aliphatic rings. The van der Waals surface area contributed by atoms with Crippen molar-refractivity contribution in [1.82, 2.24) is 10.2 Å². The third-order valence-corrected chi connectivity index (χ3v) is 3.00. The van der Waals surface area contributed by atoms with Crippen molar-refractivity contribution >= 4 is 23.5 Å². The molecule has 8 heteroatoms. The lowest BCUT2D eigenvalue weighted by molar-refractivity contribution is 0.402. The van der Waals surface area contributed by atoms with Gasteiger partial charge in [0.25, 0.3) is 5.56 Å². The van der Waals surface area contributed by atoms with Crippen LogP contribution in [0.25, 0.3) is 0 Å². The summed E-state index contributed by atoms with van der Waals surface area (Å²) < 4.78 is 10.4. The van der Waals surface area contributed by atoms with Gasteiger partial charge in [-0.25, -0.2) is 5.10 Å². The number of aromatic amines is 1. The van der Waals surface area contributed by atoms with Crippen molar-refractivity contribution in [3.05, 3.63) is 45.3 Å². The van der Waals surface area contributed by atoms with Gasteiger partial charge < -0.3 is 9.47 Å². The first-order valence-electron chi connectivity index (χ1n) is 5.90. The van der Waals surface area contributed by atoms with E-state index in [2.05, 4.69) is 20.7 Å². The first-order valence-corrected chi connectivity index (χ1v) is 6.27. The van der Waals surface area contributed by atoms with E-state index in [1.54, 1.807) is 32.4 Å². The van der Waals surface area contributed by atoms with E-state index in [-0.39, 0.29) is 5.02 Å². The van der Waals surface area contributed by atoms with Crippen LogP contribution in [0, 0.1) is 0 Å². The van der Waals surface area contributed by atoms with Gasteiger partial charge in [-0.1, -0.05) is 11.6 Å². The van der Waals surface area contributed by atoms with Gasteiger partial charge in [-0.2, -0.15) is 10.2 Å². The number of rotatable bonds is 5. The average Bonchev–Trinajstić information content (AvgIpc) is 2.51. The molecule has 21 heavy (non-hydrogen) atoms. The van der Waals surface area contributed by atoms with E-state index in [9.17, 15) is 4.79 Å². The molecule has 0 bridgehead atoms. The summed E-state index contributed by atoms with van der Waals surface area (Å²) >= 11 is 5.82. The number of nitrogens with one attached hydrogen (secondary N) is 2. The van der Waals surface area contributed by atoms with E-state index in [1.165, 1.54) is 12.4 Å². The molecule has 0 unspecified atom stereocenters. The summed E-state index contributed by atoms with van der Waals surface area (Å²) in [5.74, 6) is 1.31. The van der Waals surface area contributed by atoms with Gasteiger partial charge in [-0.3, -0.25) is 10.2 Å². The Labute approximate surface area is 125 Å². The summed E-state index contributed by atoms with van der Waals surface area (Å²) in [4.78, 5) is 11.3. The predicted octanol–water partition coefficient (Wildman–Crippen LogP) is 1.89. The maximum atomic E-state index is 11.3. The van der Waals surface area contributed by atoms with Crippen LogP contribution in [-0.4, -0.2) is 30.6 Å². The smallest absolute Gasteiger partial charge is 0.285 e. The molecule has 0 saturated carbocycles. The highest BCUT2D eigenvalue weighted by molar-refractivity contribution is 6.32. The minimum absolute atomic E-state index is 0.0141. The van der Waals surface area contributed by atoms with Gasteiger partial charge in [0.15, 0.2) is 0 Å². The summed E-state index contributed by atoms with van der Waals surface area (Å²) in [7, 11) is 3.13. The Kier molecular flexibility index (Phi) is 4.78. The molecule has 0 radical (unpaired) electrons. The Balaban J connectivity index is 2.21. The zero-order chi connectivity index (χ0) is 15.2. The molecule has 0 spiro atoms. The number of benzene rings is 1. The highest BCUT2D eigenvalue weighted by Gasteiger charge is 2.04. The van der Waals surface area contributed by atoms with E-state index in [4.69, 9.17) is 21.1 Å². The summed E-state index contributed by atoms with van der Waals surface area (Å²) in [6.07, 6.45) is 2.89. The average molecular weight is 309 g/mol. The number of nitrogens with zero attached hydrogens (tertiary/aromatic N) is 2. The van der Waals surface area contributed by atoms with Crippen molar-refractivity contribution in [3.8, 4) is 11.5 Å². The van der Waals surface area contributed by atoms with Gasteiger partial charge >= 0.3 is 0 Å². The first-order chi connectivity index (χ1) is 10.2. The molecule has 1 aromatic heterocycles. The fourth-order valence-electron chi connectivity index (χ4n) is 1.57. The minimum atomic E-state index is -0.490. The summed E-state index contributed by atoms with van der Waals surface area (Å²) in [6.45, 7) is 0. The lowest BCUT2D eigenvalue weighted by Gasteiger charge is -2.07. The zero-order valence-electron chi connectivity index (χ0n) is 11.4. The van der Waals surface area contributed by atoms with Crippen LogP contribution in [0.3, 0.4) is 0 Å². The third kappa shape index (κ3) is 3.51. The fourth-order valence-corrected chi connectivity index (χ4v) is 1.71. The number of H-pyrrole nitrogens is 1. The van der Waals surface area contributed by atoms with Crippen LogP contribution >= 0.6 is 11.6 Å². The highest BCUT2D eigenvalue weighted by Crippen LogP contribution is 2.22. The molecule has 2 aromatic rings.